The van der Waals surface area contributed by atoms with Gasteiger partial charge in [-0.25, -0.2) is 4.79 Å². The zero-order valence-electron chi connectivity index (χ0n) is 13.6. The molecule has 0 aromatic heterocycles. The highest BCUT2D eigenvalue weighted by atomic mass is 79.9. The summed E-state index contributed by atoms with van der Waals surface area (Å²) in [6, 6.07) is 5.92. The van der Waals surface area contributed by atoms with Crippen LogP contribution < -0.4 is 5.32 Å². The summed E-state index contributed by atoms with van der Waals surface area (Å²) in [7, 11) is 0. The molecule has 1 spiro atoms. The van der Waals surface area contributed by atoms with Crippen LogP contribution >= 0.6 is 15.9 Å². The van der Waals surface area contributed by atoms with E-state index in [1.54, 1.807) is 4.90 Å². The lowest BCUT2D eigenvalue weighted by atomic mass is 9.77. The molecular formula is C17H21BrN2O3. The summed E-state index contributed by atoms with van der Waals surface area (Å²) in [5.74, 6) is -0.00541. The third-order valence-corrected chi connectivity index (χ3v) is 4.83. The van der Waals surface area contributed by atoms with Crippen LogP contribution in [0.5, 0.6) is 0 Å². The first-order valence-electron chi connectivity index (χ1n) is 7.76. The highest BCUT2D eigenvalue weighted by Gasteiger charge is 2.49. The Balaban J connectivity index is 1.78. The number of nitrogens with zero attached hydrogens (tertiary/aromatic N) is 1. The molecule has 1 aromatic carbocycles. The van der Waals surface area contributed by atoms with Gasteiger partial charge in [-0.1, -0.05) is 22.0 Å². The van der Waals surface area contributed by atoms with E-state index in [4.69, 9.17) is 4.74 Å². The molecule has 1 N–H and O–H groups in total. The number of hydrogen-bond acceptors (Lipinski definition) is 3. The van der Waals surface area contributed by atoms with E-state index in [1.165, 1.54) is 0 Å². The van der Waals surface area contributed by atoms with Gasteiger partial charge in [0.15, 0.2) is 0 Å². The molecule has 0 aliphatic carbocycles. The Labute approximate surface area is 144 Å². The Morgan fingerprint density at radius 3 is 2.83 bits per heavy atom. The van der Waals surface area contributed by atoms with E-state index in [9.17, 15) is 9.59 Å². The Hall–Kier alpha value is -1.56. The fourth-order valence-corrected chi connectivity index (χ4v) is 3.56. The van der Waals surface area contributed by atoms with Crippen LogP contribution in [0.3, 0.4) is 0 Å². The molecule has 1 fully saturated rings. The number of likely N-dealkylation sites (tertiary alicyclic amines) is 1. The lowest BCUT2D eigenvalue weighted by molar-refractivity contribution is -0.125. The number of fused-ring (bicyclic) bond motifs is 1. The summed E-state index contributed by atoms with van der Waals surface area (Å²) >= 11 is 3.42. The fraction of sp³-hybridized carbons (Fsp3) is 0.529. The van der Waals surface area contributed by atoms with Crippen LogP contribution in [-0.4, -0.2) is 35.6 Å². The molecule has 2 aliphatic rings. The highest BCUT2D eigenvalue weighted by molar-refractivity contribution is 9.10. The zero-order valence-corrected chi connectivity index (χ0v) is 15.2. The predicted octanol–water partition coefficient (Wildman–Crippen LogP) is 3.57. The third-order valence-electron chi connectivity index (χ3n) is 4.34. The van der Waals surface area contributed by atoms with Crippen LogP contribution in [0.2, 0.25) is 0 Å². The van der Waals surface area contributed by atoms with E-state index in [-0.39, 0.29) is 12.0 Å². The summed E-state index contributed by atoms with van der Waals surface area (Å²) in [5, 5.41) is 2.99. The van der Waals surface area contributed by atoms with Crippen molar-refractivity contribution in [3.63, 3.8) is 0 Å². The van der Waals surface area contributed by atoms with Crippen LogP contribution in [0.15, 0.2) is 22.7 Å². The third kappa shape index (κ3) is 3.22. The van der Waals surface area contributed by atoms with Crippen molar-refractivity contribution in [2.45, 2.75) is 39.2 Å². The van der Waals surface area contributed by atoms with Gasteiger partial charge in [0.2, 0.25) is 5.91 Å². The van der Waals surface area contributed by atoms with E-state index < -0.39 is 11.0 Å². The summed E-state index contributed by atoms with van der Waals surface area (Å²) < 4.78 is 6.36. The zero-order chi connectivity index (χ0) is 16.8. The summed E-state index contributed by atoms with van der Waals surface area (Å²) in [6.07, 6.45) is 0.970. The van der Waals surface area contributed by atoms with Crippen molar-refractivity contribution < 1.29 is 14.3 Å². The predicted molar refractivity (Wildman–Crippen MR) is 91.3 cm³/mol. The Kier molecular flexibility index (Phi) is 3.91. The molecule has 23 heavy (non-hydrogen) atoms. The van der Waals surface area contributed by atoms with Crippen molar-refractivity contribution in [2.24, 2.45) is 5.41 Å². The standard InChI is InChI=1S/C17H21BrN2O3/c1-16(2,3)23-15(22)20-7-6-17(10-20)9-11-4-5-12(18)8-13(11)19-14(17)21/h4-5,8H,6-7,9-10H2,1-3H3,(H,19,21). The van der Waals surface area contributed by atoms with Crippen LogP contribution in [0.4, 0.5) is 10.5 Å². The SMILES string of the molecule is CC(C)(C)OC(=O)N1CCC2(Cc3ccc(Br)cc3NC2=O)C1. The monoisotopic (exact) mass is 380 g/mol. The van der Waals surface area contributed by atoms with Gasteiger partial charge in [-0.3, -0.25) is 4.79 Å². The molecule has 0 radical (unpaired) electrons. The largest absolute Gasteiger partial charge is 0.444 e. The van der Waals surface area contributed by atoms with Gasteiger partial charge < -0.3 is 15.0 Å². The second-order valence-corrected chi connectivity index (χ2v) is 8.28. The van der Waals surface area contributed by atoms with Crippen LogP contribution in [-0.2, 0) is 16.0 Å². The maximum atomic E-state index is 12.6. The van der Waals surface area contributed by atoms with Gasteiger partial charge >= 0.3 is 6.09 Å². The van der Waals surface area contributed by atoms with Gasteiger partial charge in [0.25, 0.3) is 0 Å². The molecule has 5 nitrogen and oxygen atoms in total. The summed E-state index contributed by atoms with van der Waals surface area (Å²) in [6.45, 7) is 6.49. The van der Waals surface area contributed by atoms with Gasteiger partial charge in [-0.05, 0) is 51.3 Å². The minimum absolute atomic E-state index is 0.00541. The smallest absolute Gasteiger partial charge is 0.410 e. The van der Waals surface area contributed by atoms with Gasteiger partial charge in [-0.15, -0.1) is 0 Å². The molecule has 124 valence electrons. The maximum absolute atomic E-state index is 12.6. The van der Waals surface area contributed by atoms with E-state index in [0.717, 1.165) is 15.7 Å². The van der Waals surface area contributed by atoms with Crippen LogP contribution in [0, 0.1) is 5.41 Å². The summed E-state index contributed by atoms with van der Waals surface area (Å²) in [4.78, 5) is 26.5. The number of anilines is 1. The number of benzene rings is 1. The van der Waals surface area contributed by atoms with Gasteiger partial charge in [0.05, 0.1) is 5.41 Å². The molecule has 2 amide bonds. The minimum Gasteiger partial charge on any atom is -0.444 e. The molecule has 1 unspecified atom stereocenters. The van der Waals surface area contributed by atoms with Crippen molar-refractivity contribution in [3.05, 3.63) is 28.2 Å². The van der Waals surface area contributed by atoms with Gasteiger partial charge in [0.1, 0.15) is 5.60 Å². The number of nitrogens with one attached hydrogen (secondary N) is 1. The quantitative estimate of drug-likeness (QED) is 0.748. The first-order valence-corrected chi connectivity index (χ1v) is 8.56. The molecule has 1 atom stereocenters. The molecule has 2 heterocycles. The first-order chi connectivity index (χ1) is 10.7. The molecule has 6 heteroatoms. The van der Waals surface area contributed by atoms with E-state index >= 15 is 0 Å². The highest BCUT2D eigenvalue weighted by Crippen LogP contribution is 2.41. The van der Waals surface area contributed by atoms with Gasteiger partial charge in [-0.2, -0.15) is 0 Å². The molecular weight excluding hydrogens is 360 g/mol. The van der Waals surface area contributed by atoms with Crippen molar-refractivity contribution in [3.8, 4) is 0 Å². The van der Waals surface area contributed by atoms with Gasteiger partial charge in [0, 0.05) is 23.2 Å². The Morgan fingerprint density at radius 1 is 1.39 bits per heavy atom. The van der Waals surface area contributed by atoms with E-state index in [2.05, 4.69) is 21.2 Å². The Bertz CT molecular complexity index is 668. The van der Waals surface area contributed by atoms with Crippen molar-refractivity contribution in [2.75, 3.05) is 18.4 Å². The van der Waals surface area contributed by atoms with E-state index in [0.29, 0.717) is 25.9 Å². The molecule has 0 saturated carbocycles. The lowest BCUT2D eigenvalue weighted by Gasteiger charge is -2.34. The second kappa shape index (κ2) is 5.51. The Morgan fingerprint density at radius 2 is 2.13 bits per heavy atom. The van der Waals surface area contributed by atoms with Crippen LogP contribution in [0.1, 0.15) is 32.8 Å². The second-order valence-electron chi connectivity index (χ2n) is 7.36. The molecule has 2 aliphatic heterocycles. The fourth-order valence-electron chi connectivity index (χ4n) is 3.20. The number of ether oxygens (including phenoxy) is 1. The summed E-state index contributed by atoms with van der Waals surface area (Å²) in [5.41, 5.74) is 0.891. The number of carbonyl (C=O) groups excluding carboxylic acids is 2. The maximum Gasteiger partial charge on any atom is 0.410 e. The minimum atomic E-state index is -0.544. The number of amides is 2. The van der Waals surface area contributed by atoms with Crippen LogP contribution in [0.25, 0.3) is 0 Å². The first kappa shape index (κ1) is 16.3. The molecule has 3 rings (SSSR count). The van der Waals surface area contributed by atoms with Crippen molar-refractivity contribution >= 4 is 33.6 Å². The molecule has 1 aromatic rings. The molecule has 0 bridgehead atoms. The van der Waals surface area contributed by atoms with E-state index in [1.807, 2.05) is 39.0 Å². The number of rotatable bonds is 0. The van der Waals surface area contributed by atoms with Crippen molar-refractivity contribution in [1.82, 2.24) is 4.90 Å². The average molecular weight is 381 g/mol. The number of halogens is 1. The number of carbonyl (C=O) groups is 2. The number of hydrogen-bond donors (Lipinski definition) is 1. The topological polar surface area (TPSA) is 58.6 Å². The molecule has 1 saturated heterocycles. The average Bonchev–Trinajstić information content (AvgIpc) is 2.84. The lowest BCUT2D eigenvalue weighted by Crippen LogP contribution is -2.45. The van der Waals surface area contributed by atoms with Crippen molar-refractivity contribution in [1.29, 1.82) is 0 Å². The normalized spacial score (nSPS) is 23.7.